The Morgan fingerprint density at radius 2 is 1.96 bits per heavy atom. The van der Waals surface area contributed by atoms with Gasteiger partial charge in [-0.1, -0.05) is 18.5 Å². The lowest BCUT2D eigenvalue weighted by Gasteiger charge is -2.32. The van der Waals surface area contributed by atoms with Gasteiger partial charge in [0.1, 0.15) is 0 Å². The van der Waals surface area contributed by atoms with Crippen molar-refractivity contribution in [3.8, 4) is 0 Å². The summed E-state index contributed by atoms with van der Waals surface area (Å²) in [7, 11) is 0. The molecule has 1 aliphatic rings. The minimum atomic E-state index is 0.0876. The molecule has 1 N–H and O–H groups in total. The molecule has 0 aliphatic carbocycles. The van der Waals surface area contributed by atoms with Gasteiger partial charge in [-0.2, -0.15) is 0 Å². The molecule has 146 valence electrons. The maximum absolute atomic E-state index is 12.5. The average molecular weight is 383 g/mol. The molecule has 1 aromatic carbocycles. The molecule has 1 aliphatic heterocycles. The lowest BCUT2D eigenvalue weighted by Crippen LogP contribution is -2.39. The highest BCUT2D eigenvalue weighted by molar-refractivity contribution is 6.30. The molecular formula is C20H31ClN2O3. The van der Waals surface area contributed by atoms with Crippen molar-refractivity contribution in [1.82, 2.24) is 9.80 Å². The van der Waals surface area contributed by atoms with Gasteiger partial charge in [-0.25, -0.2) is 0 Å². The monoisotopic (exact) mass is 382 g/mol. The number of piperidine rings is 1. The highest BCUT2D eigenvalue weighted by atomic mass is 35.5. The smallest absolute Gasteiger partial charge is 0.253 e. The van der Waals surface area contributed by atoms with Crippen LogP contribution < -0.4 is 0 Å². The molecule has 0 aromatic heterocycles. The van der Waals surface area contributed by atoms with E-state index in [9.17, 15) is 4.79 Å². The maximum Gasteiger partial charge on any atom is 0.253 e. The SMILES string of the molecule is CCN(CCO)CCCOCC1CCN(C(=O)c2ccc(Cl)cc2)CC1. The van der Waals surface area contributed by atoms with E-state index in [4.69, 9.17) is 21.4 Å². The summed E-state index contributed by atoms with van der Waals surface area (Å²) in [5.41, 5.74) is 0.701. The topological polar surface area (TPSA) is 53.0 Å². The van der Waals surface area contributed by atoms with E-state index in [2.05, 4.69) is 11.8 Å². The maximum atomic E-state index is 12.5. The second-order valence-electron chi connectivity index (χ2n) is 6.83. The summed E-state index contributed by atoms with van der Waals surface area (Å²) < 4.78 is 5.83. The first-order chi connectivity index (χ1) is 12.6. The first-order valence-electron chi connectivity index (χ1n) is 9.59. The molecule has 5 nitrogen and oxygen atoms in total. The van der Waals surface area contributed by atoms with Gasteiger partial charge in [-0.15, -0.1) is 0 Å². The summed E-state index contributed by atoms with van der Waals surface area (Å²) in [6.45, 7) is 8.08. The third-order valence-electron chi connectivity index (χ3n) is 4.97. The first kappa shape index (κ1) is 21.2. The summed E-state index contributed by atoms with van der Waals surface area (Å²) >= 11 is 5.88. The molecule has 0 spiro atoms. The molecule has 1 heterocycles. The normalized spacial score (nSPS) is 15.6. The second kappa shape index (κ2) is 11.5. The predicted molar refractivity (Wildman–Crippen MR) is 105 cm³/mol. The molecule has 1 saturated heterocycles. The molecule has 0 bridgehead atoms. The van der Waals surface area contributed by atoms with Gasteiger partial charge in [-0.05, 0) is 56.0 Å². The number of ether oxygens (including phenoxy) is 1. The fraction of sp³-hybridized carbons (Fsp3) is 0.650. The van der Waals surface area contributed by atoms with Crippen molar-refractivity contribution >= 4 is 17.5 Å². The number of carbonyl (C=O) groups is 1. The van der Waals surface area contributed by atoms with Gasteiger partial charge >= 0.3 is 0 Å². The van der Waals surface area contributed by atoms with Gasteiger partial charge in [0.25, 0.3) is 5.91 Å². The Morgan fingerprint density at radius 1 is 1.27 bits per heavy atom. The molecule has 2 rings (SSSR count). The van der Waals surface area contributed by atoms with Gasteiger partial charge < -0.3 is 19.6 Å². The van der Waals surface area contributed by atoms with E-state index in [0.717, 1.165) is 65.2 Å². The number of amides is 1. The van der Waals surface area contributed by atoms with Crippen molar-refractivity contribution in [2.75, 3.05) is 52.5 Å². The van der Waals surface area contributed by atoms with Crippen LogP contribution in [0.2, 0.25) is 5.02 Å². The number of aliphatic hydroxyl groups is 1. The van der Waals surface area contributed by atoms with Gasteiger partial charge in [0, 0.05) is 50.0 Å². The third kappa shape index (κ3) is 6.88. The van der Waals surface area contributed by atoms with Crippen molar-refractivity contribution in [3.63, 3.8) is 0 Å². The zero-order chi connectivity index (χ0) is 18.8. The molecule has 0 unspecified atom stereocenters. The molecule has 1 fully saturated rings. The highest BCUT2D eigenvalue weighted by Crippen LogP contribution is 2.20. The van der Waals surface area contributed by atoms with Crippen LogP contribution in [0.1, 0.15) is 36.5 Å². The Balaban J connectivity index is 1.61. The first-order valence-corrected chi connectivity index (χ1v) is 9.97. The Bertz CT molecular complexity index is 530. The Morgan fingerprint density at radius 3 is 2.58 bits per heavy atom. The summed E-state index contributed by atoms with van der Waals surface area (Å²) in [5.74, 6) is 0.619. The van der Waals surface area contributed by atoms with Crippen LogP contribution in [0.3, 0.4) is 0 Å². The summed E-state index contributed by atoms with van der Waals surface area (Å²) in [4.78, 5) is 16.6. The molecule has 6 heteroatoms. The van der Waals surface area contributed by atoms with Crippen LogP contribution in [0, 0.1) is 5.92 Å². The fourth-order valence-electron chi connectivity index (χ4n) is 3.29. The number of aliphatic hydroxyl groups excluding tert-OH is 1. The molecule has 1 amide bonds. The lowest BCUT2D eigenvalue weighted by atomic mass is 9.97. The molecular weight excluding hydrogens is 352 g/mol. The summed E-state index contributed by atoms with van der Waals surface area (Å²) in [6, 6.07) is 7.09. The average Bonchev–Trinajstić information content (AvgIpc) is 2.67. The molecule has 0 radical (unpaired) electrons. The quantitative estimate of drug-likeness (QED) is 0.632. The molecule has 0 saturated carbocycles. The molecule has 1 aromatic rings. The van der Waals surface area contributed by atoms with Crippen LogP contribution in [0.4, 0.5) is 0 Å². The number of halogens is 1. The number of rotatable bonds is 10. The number of hydrogen-bond donors (Lipinski definition) is 1. The number of likely N-dealkylation sites (tertiary alicyclic amines) is 1. The fourth-order valence-corrected chi connectivity index (χ4v) is 3.41. The standard InChI is InChI=1S/C20H31ClN2O3/c1-2-22(13-14-24)10-3-15-26-16-17-8-11-23(12-9-17)20(25)18-4-6-19(21)7-5-18/h4-7,17,24H,2-3,8-16H2,1H3. The number of benzene rings is 1. The Kier molecular flexibility index (Phi) is 9.40. The lowest BCUT2D eigenvalue weighted by molar-refractivity contribution is 0.0499. The van der Waals surface area contributed by atoms with E-state index in [-0.39, 0.29) is 12.5 Å². The van der Waals surface area contributed by atoms with Gasteiger partial charge in [0.2, 0.25) is 0 Å². The van der Waals surface area contributed by atoms with Crippen LogP contribution in [0.15, 0.2) is 24.3 Å². The Hall–Kier alpha value is -1.14. The zero-order valence-electron chi connectivity index (χ0n) is 15.7. The van der Waals surface area contributed by atoms with E-state index in [1.165, 1.54) is 0 Å². The minimum absolute atomic E-state index is 0.0876. The predicted octanol–water partition coefficient (Wildman–Crippen LogP) is 2.91. The zero-order valence-corrected chi connectivity index (χ0v) is 16.5. The number of hydrogen-bond acceptors (Lipinski definition) is 4. The summed E-state index contributed by atoms with van der Waals surface area (Å²) in [5, 5.41) is 9.63. The van der Waals surface area contributed by atoms with E-state index in [1.807, 2.05) is 4.90 Å². The van der Waals surface area contributed by atoms with Crippen LogP contribution in [-0.2, 0) is 4.74 Å². The van der Waals surface area contributed by atoms with E-state index >= 15 is 0 Å². The van der Waals surface area contributed by atoms with Crippen LogP contribution >= 0.6 is 11.6 Å². The van der Waals surface area contributed by atoms with Crippen LogP contribution in [-0.4, -0.2) is 73.4 Å². The van der Waals surface area contributed by atoms with Crippen molar-refractivity contribution < 1.29 is 14.6 Å². The van der Waals surface area contributed by atoms with Gasteiger partial charge in [-0.3, -0.25) is 4.79 Å². The number of nitrogens with zero attached hydrogens (tertiary/aromatic N) is 2. The van der Waals surface area contributed by atoms with Crippen molar-refractivity contribution in [1.29, 1.82) is 0 Å². The second-order valence-corrected chi connectivity index (χ2v) is 7.27. The molecule has 26 heavy (non-hydrogen) atoms. The Labute approximate surface area is 161 Å². The van der Waals surface area contributed by atoms with Gasteiger partial charge in [0.15, 0.2) is 0 Å². The van der Waals surface area contributed by atoms with Crippen molar-refractivity contribution in [2.45, 2.75) is 26.2 Å². The minimum Gasteiger partial charge on any atom is -0.395 e. The van der Waals surface area contributed by atoms with E-state index < -0.39 is 0 Å². The highest BCUT2D eigenvalue weighted by Gasteiger charge is 2.23. The van der Waals surface area contributed by atoms with Crippen molar-refractivity contribution in [2.24, 2.45) is 5.92 Å². The van der Waals surface area contributed by atoms with Crippen LogP contribution in [0.5, 0.6) is 0 Å². The van der Waals surface area contributed by atoms with E-state index in [0.29, 0.717) is 16.5 Å². The van der Waals surface area contributed by atoms with Crippen molar-refractivity contribution in [3.05, 3.63) is 34.9 Å². The van der Waals surface area contributed by atoms with Crippen LogP contribution in [0.25, 0.3) is 0 Å². The van der Waals surface area contributed by atoms with E-state index in [1.54, 1.807) is 24.3 Å². The summed E-state index contributed by atoms with van der Waals surface area (Å²) in [6.07, 6.45) is 2.97. The largest absolute Gasteiger partial charge is 0.395 e. The number of likely N-dealkylation sites (N-methyl/N-ethyl adjacent to an activating group) is 1. The number of carbonyl (C=O) groups excluding carboxylic acids is 1. The van der Waals surface area contributed by atoms with Gasteiger partial charge in [0.05, 0.1) is 6.61 Å². The molecule has 0 atom stereocenters. The third-order valence-corrected chi connectivity index (χ3v) is 5.22.